The van der Waals surface area contributed by atoms with Crippen molar-refractivity contribution in [2.75, 3.05) is 40.3 Å². The monoisotopic (exact) mass is 415 g/mol. The Bertz CT molecular complexity index is 629. The Balaban J connectivity index is 2.04. The van der Waals surface area contributed by atoms with Gasteiger partial charge in [-0.25, -0.2) is 18.1 Å². The summed E-state index contributed by atoms with van der Waals surface area (Å²) in [6.45, 7) is 4.11. The second-order valence-electron chi connectivity index (χ2n) is 8.06. The van der Waals surface area contributed by atoms with Crippen LogP contribution in [0.1, 0.15) is 58.3 Å². The number of rotatable bonds is 8. The number of carbonyl (C=O) groups is 1. The fourth-order valence-corrected chi connectivity index (χ4v) is 5.43. The number of piperidine rings is 1. The van der Waals surface area contributed by atoms with Gasteiger partial charge in [-0.1, -0.05) is 26.2 Å². The van der Waals surface area contributed by atoms with Gasteiger partial charge < -0.3 is 15.1 Å². The van der Waals surface area contributed by atoms with Crippen LogP contribution in [0.25, 0.3) is 0 Å². The molecule has 0 radical (unpaired) electrons. The molecule has 1 saturated carbocycles. The van der Waals surface area contributed by atoms with Crippen LogP contribution in [0.4, 0.5) is 0 Å². The van der Waals surface area contributed by atoms with Crippen LogP contribution in [0, 0.1) is 0 Å². The Morgan fingerprint density at radius 1 is 1.18 bits per heavy atom. The Labute approximate surface area is 170 Å². The van der Waals surface area contributed by atoms with Crippen LogP contribution in [0.5, 0.6) is 0 Å². The molecule has 0 aromatic rings. The van der Waals surface area contributed by atoms with E-state index in [-0.39, 0.29) is 18.5 Å². The summed E-state index contributed by atoms with van der Waals surface area (Å²) in [5.74, 6) is 0.572. The molecule has 2 fully saturated rings. The molecule has 0 aromatic heterocycles. The largest absolute Gasteiger partial charge is 0.356 e. The minimum atomic E-state index is -3.35. The molecule has 9 heteroatoms. The lowest BCUT2D eigenvalue weighted by molar-refractivity contribution is -0.127. The third-order valence-electron chi connectivity index (χ3n) is 5.48. The van der Waals surface area contributed by atoms with Crippen LogP contribution in [0.15, 0.2) is 4.99 Å². The molecule has 1 amide bonds. The van der Waals surface area contributed by atoms with Crippen LogP contribution >= 0.6 is 0 Å². The molecule has 28 heavy (non-hydrogen) atoms. The standard InChI is InChI=1S/C19H37N5O3S/c1-4-5-12-20-19(21-14-18(25)23(2)3)24-13-8-11-17(15-24)28(26,27)22-16-9-6-7-10-16/h16-17,22H,4-15H2,1-3H3,(H,20,21). The molecule has 1 aliphatic carbocycles. The smallest absolute Gasteiger partial charge is 0.243 e. The highest BCUT2D eigenvalue weighted by atomic mass is 32.2. The zero-order valence-electron chi connectivity index (χ0n) is 17.6. The first-order valence-electron chi connectivity index (χ1n) is 10.6. The number of nitrogens with zero attached hydrogens (tertiary/aromatic N) is 3. The van der Waals surface area contributed by atoms with Gasteiger partial charge in [-0.3, -0.25) is 4.79 Å². The van der Waals surface area contributed by atoms with Gasteiger partial charge in [0.25, 0.3) is 0 Å². The third kappa shape index (κ3) is 6.92. The normalized spacial score (nSPS) is 21.8. The fraction of sp³-hybridized carbons (Fsp3) is 0.895. The summed E-state index contributed by atoms with van der Waals surface area (Å²) in [5, 5.41) is 2.88. The Kier molecular flexibility index (Phi) is 9.01. The van der Waals surface area contributed by atoms with E-state index in [1.54, 1.807) is 14.1 Å². The first-order chi connectivity index (χ1) is 13.3. The minimum Gasteiger partial charge on any atom is -0.356 e. The molecule has 1 saturated heterocycles. The number of likely N-dealkylation sites (N-methyl/N-ethyl adjacent to an activating group) is 1. The number of sulfonamides is 1. The molecule has 8 nitrogen and oxygen atoms in total. The maximum Gasteiger partial charge on any atom is 0.243 e. The van der Waals surface area contributed by atoms with Gasteiger partial charge in [0.05, 0.1) is 5.25 Å². The fourth-order valence-electron chi connectivity index (χ4n) is 3.68. The third-order valence-corrected chi connectivity index (χ3v) is 7.40. The molecule has 0 aromatic carbocycles. The predicted molar refractivity (Wildman–Crippen MR) is 113 cm³/mol. The number of nitrogens with one attached hydrogen (secondary N) is 2. The van der Waals surface area contributed by atoms with Gasteiger partial charge in [0, 0.05) is 39.8 Å². The number of aliphatic imine (C=N–C) groups is 1. The van der Waals surface area contributed by atoms with Gasteiger partial charge in [0.15, 0.2) is 5.96 Å². The summed E-state index contributed by atoms with van der Waals surface area (Å²) in [6.07, 6.45) is 7.59. The van der Waals surface area contributed by atoms with E-state index in [1.807, 2.05) is 4.90 Å². The molecule has 1 aliphatic heterocycles. The first-order valence-corrected chi connectivity index (χ1v) is 12.1. The Hall–Kier alpha value is -1.35. The van der Waals surface area contributed by atoms with Crippen LogP contribution in [-0.4, -0.2) is 81.7 Å². The van der Waals surface area contributed by atoms with Crippen molar-refractivity contribution in [3.63, 3.8) is 0 Å². The lowest BCUT2D eigenvalue weighted by atomic mass is 10.1. The highest BCUT2D eigenvalue weighted by molar-refractivity contribution is 7.90. The van der Waals surface area contributed by atoms with E-state index in [4.69, 9.17) is 0 Å². The number of unbranched alkanes of at least 4 members (excludes halogenated alkanes) is 1. The molecule has 2 N–H and O–H groups in total. The molecule has 2 rings (SSSR count). The molecule has 162 valence electrons. The van der Waals surface area contributed by atoms with Gasteiger partial charge in [0.2, 0.25) is 15.9 Å². The van der Waals surface area contributed by atoms with E-state index in [1.165, 1.54) is 4.90 Å². The second-order valence-corrected chi connectivity index (χ2v) is 10.1. The van der Waals surface area contributed by atoms with Gasteiger partial charge in [-0.15, -0.1) is 0 Å². The summed E-state index contributed by atoms with van der Waals surface area (Å²) in [4.78, 5) is 19.9. The zero-order valence-corrected chi connectivity index (χ0v) is 18.4. The number of amides is 1. The van der Waals surface area contributed by atoms with Gasteiger partial charge in [-0.05, 0) is 32.1 Å². The quantitative estimate of drug-likeness (QED) is 0.352. The molecule has 0 spiro atoms. The van der Waals surface area contributed by atoms with Crippen LogP contribution < -0.4 is 10.0 Å². The Morgan fingerprint density at radius 3 is 2.54 bits per heavy atom. The topological polar surface area (TPSA) is 94.1 Å². The second kappa shape index (κ2) is 11.0. The molecule has 1 unspecified atom stereocenters. The average Bonchev–Trinajstić information content (AvgIpc) is 3.16. The van der Waals surface area contributed by atoms with Gasteiger partial charge in [0.1, 0.15) is 6.54 Å². The van der Waals surface area contributed by atoms with E-state index in [0.717, 1.165) is 58.0 Å². The van der Waals surface area contributed by atoms with Crippen molar-refractivity contribution in [2.45, 2.75) is 69.6 Å². The summed E-state index contributed by atoms with van der Waals surface area (Å²) in [6, 6.07) is 0.0916. The highest BCUT2D eigenvalue weighted by Crippen LogP contribution is 2.22. The summed E-state index contributed by atoms with van der Waals surface area (Å²) in [7, 11) is 0.0644. The van der Waals surface area contributed by atoms with E-state index in [2.05, 4.69) is 22.0 Å². The van der Waals surface area contributed by atoms with Crippen LogP contribution in [0.2, 0.25) is 0 Å². The van der Waals surface area contributed by atoms with Gasteiger partial charge in [-0.2, -0.15) is 0 Å². The van der Waals surface area contributed by atoms with Crippen molar-refractivity contribution < 1.29 is 13.2 Å². The Morgan fingerprint density at radius 2 is 1.89 bits per heavy atom. The van der Waals surface area contributed by atoms with E-state index in [0.29, 0.717) is 18.9 Å². The van der Waals surface area contributed by atoms with Gasteiger partial charge >= 0.3 is 0 Å². The van der Waals surface area contributed by atoms with Crippen molar-refractivity contribution in [3.8, 4) is 0 Å². The van der Waals surface area contributed by atoms with Crippen LogP contribution in [-0.2, 0) is 14.8 Å². The molecule has 1 atom stereocenters. The van der Waals surface area contributed by atoms with Crippen molar-refractivity contribution >= 4 is 21.9 Å². The molecule has 0 bridgehead atoms. The SMILES string of the molecule is CCCCNC(=NCC(=O)N(C)C)N1CCCC(S(=O)(=O)NC2CCCC2)C1. The summed E-state index contributed by atoms with van der Waals surface area (Å²) in [5.41, 5.74) is 0. The maximum absolute atomic E-state index is 12.9. The van der Waals surface area contributed by atoms with E-state index in [9.17, 15) is 13.2 Å². The first kappa shape index (κ1) is 22.9. The summed E-state index contributed by atoms with van der Waals surface area (Å²) >= 11 is 0. The molecular formula is C19H37N5O3S. The van der Waals surface area contributed by atoms with Crippen molar-refractivity contribution in [1.82, 2.24) is 19.8 Å². The lowest BCUT2D eigenvalue weighted by Gasteiger charge is -2.35. The number of likely N-dealkylation sites (tertiary alicyclic amines) is 1. The molecular weight excluding hydrogens is 378 g/mol. The highest BCUT2D eigenvalue weighted by Gasteiger charge is 2.34. The lowest BCUT2D eigenvalue weighted by Crippen LogP contribution is -2.53. The zero-order chi connectivity index (χ0) is 20.6. The predicted octanol–water partition coefficient (Wildman–Crippen LogP) is 1.15. The number of hydrogen-bond donors (Lipinski definition) is 2. The van der Waals surface area contributed by atoms with Crippen molar-refractivity contribution in [2.24, 2.45) is 4.99 Å². The number of hydrogen-bond acceptors (Lipinski definition) is 4. The molecule has 1 heterocycles. The van der Waals surface area contributed by atoms with E-state index >= 15 is 0 Å². The van der Waals surface area contributed by atoms with E-state index < -0.39 is 15.3 Å². The maximum atomic E-state index is 12.9. The minimum absolute atomic E-state index is 0.0652. The number of carbonyl (C=O) groups excluding carboxylic acids is 1. The average molecular weight is 416 g/mol. The summed E-state index contributed by atoms with van der Waals surface area (Å²) < 4.78 is 28.7. The number of guanidine groups is 1. The molecule has 2 aliphatic rings. The van der Waals surface area contributed by atoms with Crippen LogP contribution in [0.3, 0.4) is 0 Å². The van der Waals surface area contributed by atoms with Crippen molar-refractivity contribution in [3.05, 3.63) is 0 Å². The van der Waals surface area contributed by atoms with Crippen molar-refractivity contribution in [1.29, 1.82) is 0 Å².